The highest BCUT2D eigenvalue weighted by Crippen LogP contribution is 2.14. The minimum Gasteiger partial charge on any atom is -0.317 e. The molecule has 0 atom stereocenters. The van der Waals surface area contributed by atoms with Crippen LogP contribution in [0.4, 0.5) is 14.5 Å². The van der Waals surface area contributed by atoms with E-state index in [9.17, 15) is 13.6 Å². The van der Waals surface area contributed by atoms with Crippen molar-refractivity contribution in [1.82, 2.24) is 0 Å². The van der Waals surface area contributed by atoms with Crippen molar-refractivity contribution >= 4 is 11.6 Å². The lowest BCUT2D eigenvalue weighted by atomic mass is 10.3. The number of carbonyl (C=O) groups is 1. The minimum atomic E-state index is -0.858. The molecule has 0 unspecified atom stereocenters. The van der Waals surface area contributed by atoms with Crippen LogP contribution in [0.2, 0.25) is 0 Å². The molecule has 72 valence electrons. The van der Waals surface area contributed by atoms with Gasteiger partial charge in [-0.1, -0.05) is 0 Å². The smallest absolute Gasteiger partial charge is 0.304 e. The van der Waals surface area contributed by atoms with Crippen molar-refractivity contribution in [2.24, 2.45) is 0 Å². The SMILES string of the molecule is [C-]#[N+]CC(=O)Nc1ccc(F)cc1F. The van der Waals surface area contributed by atoms with Gasteiger partial charge in [0.2, 0.25) is 0 Å². The lowest BCUT2D eigenvalue weighted by Crippen LogP contribution is -2.14. The first-order chi connectivity index (χ1) is 6.63. The van der Waals surface area contributed by atoms with Gasteiger partial charge in [-0.3, -0.25) is 4.79 Å². The number of rotatable bonds is 2. The van der Waals surface area contributed by atoms with Gasteiger partial charge in [0.25, 0.3) is 6.54 Å². The molecule has 0 fully saturated rings. The van der Waals surface area contributed by atoms with Crippen molar-refractivity contribution in [3.8, 4) is 0 Å². The first-order valence-corrected chi connectivity index (χ1v) is 3.71. The summed E-state index contributed by atoms with van der Waals surface area (Å²) in [5.74, 6) is -2.19. The van der Waals surface area contributed by atoms with Gasteiger partial charge in [-0.15, -0.1) is 0 Å². The third-order valence-electron chi connectivity index (χ3n) is 1.43. The highest BCUT2D eigenvalue weighted by molar-refractivity contribution is 5.93. The Bertz CT molecular complexity index is 398. The highest BCUT2D eigenvalue weighted by atomic mass is 19.1. The minimum absolute atomic E-state index is 0.125. The van der Waals surface area contributed by atoms with E-state index in [1.54, 1.807) is 0 Å². The van der Waals surface area contributed by atoms with Gasteiger partial charge in [-0.2, -0.15) is 0 Å². The van der Waals surface area contributed by atoms with E-state index in [-0.39, 0.29) is 12.2 Å². The molecule has 0 radical (unpaired) electrons. The second-order valence-corrected chi connectivity index (χ2v) is 2.49. The summed E-state index contributed by atoms with van der Waals surface area (Å²) in [5.41, 5.74) is -0.125. The van der Waals surface area contributed by atoms with Crippen molar-refractivity contribution in [3.05, 3.63) is 41.3 Å². The Hall–Kier alpha value is -1.96. The fourth-order valence-electron chi connectivity index (χ4n) is 0.852. The van der Waals surface area contributed by atoms with E-state index in [1.807, 2.05) is 0 Å². The van der Waals surface area contributed by atoms with Crippen molar-refractivity contribution < 1.29 is 13.6 Å². The topological polar surface area (TPSA) is 33.5 Å². The monoisotopic (exact) mass is 196 g/mol. The van der Waals surface area contributed by atoms with Gasteiger partial charge in [0, 0.05) is 6.07 Å². The van der Waals surface area contributed by atoms with Gasteiger partial charge in [0.05, 0.1) is 5.69 Å². The first-order valence-electron chi connectivity index (χ1n) is 3.71. The van der Waals surface area contributed by atoms with Crippen LogP contribution in [-0.4, -0.2) is 12.5 Å². The van der Waals surface area contributed by atoms with Crippen LogP contribution in [0.3, 0.4) is 0 Å². The highest BCUT2D eigenvalue weighted by Gasteiger charge is 2.08. The van der Waals surface area contributed by atoms with Crippen LogP contribution in [0.15, 0.2) is 18.2 Å². The molecule has 1 N–H and O–H groups in total. The average molecular weight is 196 g/mol. The van der Waals surface area contributed by atoms with Crippen LogP contribution in [0, 0.1) is 18.2 Å². The predicted octanol–water partition coefficient (Wildman–Crippen LogP) is 1.82. The molecule has 5 heteroatoms. The molecule has 0 spiro atoms. The number of hydrogen-bond acceptors (Lipinski definition) is 1. The van der Waals surface area contributed by atoms with Crippen LogP contribution in [0.25, 0.3) is 4.85 Å². The summed E-state index contributed by atoms with van der Waals surface area (Å²) >= 11 is 0. The van der Waals surface area contributed by atoms with E-state index < -0.39 is 17.5 Å². The van der Waals surface area contributed by atoms with Crippen molar-refractivity contribution in [1.29, 1.82) is 0 Å². The lowest BCUT2D eigenvalue weighted by Gasteiger charge is -2.02. The normalized spacial score (nSPS) is 9.21. The van der Waals surface area contributed by atoms with Crippen molar-refractivity contribution in [2.75, 3.05) is 11.9 Å². The van der Waals surface area contributed by atoms with Gasteiger partial charge < -0.3 is 10.2 Å². The zero-order valence-electron chi connectivity index (χ0n) is 7.05. The number of carbonyl (C=O) groups excluding carboxylic acids is 1. The fraction of sp³-hybridized carbons (Fsp3) is 0.111. The molecule has 0 aliphatic rings. The molecule has 0 saturated carbocycles. The van der Waals surface area contributed by atoms with Crippen molar-refractivity contribution in [3.63, 3.8) is 0 Å². The van der Waals surface area contributed by atoms with Crippen LogP contribution < -0.4 is 5.32 Å². The molecule has 1 aromatic rings. The largest absolute Gasteiger partial charge is 0.317 e. The number of nitrogens with zero attached hydrogens (tertiary/aromatic N) is 1. The van der Waals surface area contributed by atoms with Gasteiger partial charge in [0.1, 0.15) is 11.6 Å². The molecule has 0 aliphatic heterocycles. The maximum atomic E-state index is 12.9. The van der Waals surface area contributed by atoms with Gasteiger partial charge in [-0.25, -0.2) is 15.4 Å². The molecule has 0 saturated heterocycles. The third-order valence-corrected chi connectivity index (χ3v) is 1.43. The van der Waals surface area contributed by atoms with Crippen LogP contribution in [0.1, 0.15) is 0 Å². The van der Waals surface area contributed by atoms with Crippen molar-refractivity contribution in [2.45, 2.75) is 0 Å². The predicted molar refractivity (Wildman–Crippen MR) is 46.5 cm³/mol. The van der Waals surface area contributed by atoms with E-state index in [0.717, 1.165) is 12.1 Å². The van der Waals surface area contributed by atoms with E-state index in [0.29, 0.717) is 6.07 Å². The molecule has 3 nitrogen and oxygen atoms in total. The fourth-order valence-corrected chi connectivity index (χ4v) is 0.852. The summed E-state index contributed by atoms with van der Waals surface area (Å²) in [6, 6.07) is 2.79. The molecular formula is C9H6F2N2O. The zero-order chi connectivity index (χ0) is 10.6. The third kappa shape index (κ3) is 2.52. The summed E-state index contributed by atoms with van der Waals surface area (Å²) in [4.78, 5) is 13.7. The Morgan fingerprint density at radius 2 is 2.21 bits per heavy atom. The van der Waals surface area contributed by atoms with E-state index >= 15 is 0 Å². The van der Waals surface area contributed by atoms with Gasteiger partial charge in [0.15, 0.2) is 0 Å². The summed E-state index contributed by atoms with van der Waals surface area (Å²) in [6.45, 7) is 6.02. The molecule has 1 aromatic carbocycles. The summed E-state index contributed by atoms with van der Waals surface area (Å²) < 4.78 is 25.4. The zero-order valence-corrected chi connectivity index (χ0v) is 7.05. The number of benzene rings is 1. The van der Waals surface area contributed by atoms with E-state index in [1.165, 1.54) is 0 Å². The molecule has 0 aromatic heterocycles. The number of halogens is 2. The Morgan fingerprint density at radius 3 is 2.79 bits per heavy atom. The van der Waals surface area contributed by atoms with Crippen LogP contribution >= 0.6 is 0 Å². The summed E-state index contributed by atoms with van der Waals surface area (Å²) in [6.07, 6.45) is 0. The first kappa shape index (κ1) is 10.1. The summed E-state index contributed by atoms with van der Waals surface area (Å²) in [7, 11) is 0. The Labute approximate surface area is 79.2 Å². The Morgan fingerprint density at radius 1 is 1.50 bits per heavy atom. The van der Waals surface area contributed by atoms with E-state index in [4.69, 9.17) is 6.57 Å². The quantitative estimate of drug-likeness (QED) is 0.719. The number of nitrogens with one attached hydrogen (secondary N) is 1. The molecular weight excluding hydrogens is 190 g/mol. The maximum absolute atomic E-state index is 12.9. The summed E-state index contributed by atoms with van der Waals surface area (Å²) in [5, 5.41) is 2.14. The standard InChI is InChI=1S/C9H6F2N2O/c1-12-5-9(14)13-8-3-2-6(10)4-7(8)11/h2-4H,5H2,(H,13,14). The number of hydrogen-bond donors (Lipinski definition) is 1. The van der Waals surface area contributed by atoms with Gasteiger partial charge in [-0.05, 0) is 12.1 Å². The number of amides is 1. The average Bonchev–Trinajstić information content (AvgIpc) is 2.10. The molecule has 0 aliphatic carbocycles. The maximum Gasteiger partial charge on any atom is 0.304 e. The second kappa shape index (κ2) is 4.33. The van der Waals surface area contributed by atoms with Crippen LogP contribution in [-0.2, 0) is 4.79 Å². The van der Waals surface area contributed by atoms with Crippen LogP contribution in [0.5, 0.6) is 0 Å². The van der Waals surface area contributed by atoms with Gasteiger partial charge >= 0.3 is 5.91 Å². The molecule has 14 heavy (non-hydrogen) atoms. The molecule has 0 heterocycles. The Kier molecular flexibility index (Phi) is 3.13. The lowest BCUT2D eigenvalue weighted by molar-refractivity contribution is -0.114. The molecule has 1 amide bonds. The second-order valence-electron chi connectivity index (χ2n) is 2.49. The number of anilines is 1. The molecule has 0 bridgehead atoms. The van der Waals surface area contributed by atoms with E-state index in [2.05, 4.69) is 10.2 Å². The molecule has 1 rings (SSSR count). The Balaban J connectivity index is 2.78.